The molecule has 1 saturated carbocycles. The molecule has 1 aromatic heterocycles. The number of hydrogen-bond acceptors (Lipinski definition) is 5. The average molecular weight is 316 g/mol. The van der Waals surface area contributed by atoms with Gasteiger partial charge < -0.3 is 15.0 Å². The highest BCUT2D eigenvalue weighted by Crippen LogP contribution is 2.38. The van der Waals surface area contributed by atoms with Crippen molar-refractivity contribution in [2.75, 3.05) is 42.5 Å². The van der Waals surface area contributed by atoms with Gasteiger partial charge in [0.2, 0.25) is 0 Å². The van der Waals surface area contributed by atoms with Crippen LogP contribution in [0.4, 0.5) is 16.3 Å². The normalized spacial score (nSPS) is 24.1. The van der Waals surface area contributed by atoms with Gasteiger partial charge in [0.1, 0.15) is 11.4 Å². The van der Waals surface area contributed by atoms with Crippen molar-refractivity contribution < 1.29 is 9.53 Å². The summed E-state index contributed by atoms with van der Waals surface area (Å²) in [6.07, 6.45) is 7.12. The summed E-state index contributed by atoms with van der Waals surface area (Å²) >= 11 is 0. The minimum atomic E-state index is -0.257. The topological polar surface area (TPSA) is 57.7 Å². The minimum absolute atomic E-state index is 0.219. The molecule has 3 heterocycles. The second-order valence-corrected chi connectivity index (χ2v) is 6.81. The summed E-state index contributed by atoms with van der Waals surface area (Å²) in [7, 11) is 0. The van der Waals surface area contributed by atoms with Gasteiger partial charge in [-0.25, -0.2) is 9.78 Å². The molecule has 124 valence electrons. The van der Waals surface area contributed by atoms with E-state index >= 15 is 0 Å². The first-order valence-corrected chi connectivity index (χ1v) is 8.68. The first-order chi connectivity index (χ1) is 11.3. The monoisotopic (exact) mass is 316 g/mol. The summed E-state index contributed by atoms with van der Waals surface area (Å²) in [6.45, 7) is 4.59. The van der Waals surface area contributed by atoms with Crippen LogP contribution in [0.1, 0.15) is 32.1 Å². The molecule has 0 bridgehead atoms. The number of piperazine rings is 1. The molecular weight excluding hydrogens is 292 g/mol. The lowest BCUT2D eigenvalue weighted by atomic mass is 9.85. The molecule has 1 aromatic rings. The summed E-state index contributed by atoms with van der Waals surface area (Å²) in [6, 6.07) is 4.01. The third-order valence-electron chi connectivity index (χ3n) is 5.22. The molecule has 6 nitrogen and oxygen atoms in total. The molecule has 3 fully saturated rings. The number of hydrogen-bond donors (Lipinski definition) is 1. The van der Waals surface area contributed by atoms with Crippen LogP contribution >= 0.6 is 0 Å². The Morgan fingerprint density at radius 2 is 1.91 bits per heavy atom. The molecular formula is C17H24N4O2. The van der Waals surface area contributed by atoms with Crippen LogP contribution in [-0.2, 0) is 4.74 Å². The van der Waals surface area contributed by atoms with Crippen molar-refractivity contribution in [1.82, 2.24) is 10.3 Å². The molecule has 2 aliphatic heterocycles. The number of pyridine rings is 1. The number of ether oxygens (including phenoxy) is 1. The van der Waals surface area contributed by atoms with E-state index in [0.717, 1.165) is 63.4 Å². The summed E-state index contributed by atoms with van der Waals surface area (Å²) in [5.74, 6) is 0.982. The quantitative estimate of drug-likeness (QED) is 0.906. The highest BCUT2D eigenvalue weighted by Gasteiger charge is 2.46. The first-order valence-electron chi connectivity index (χ1n) is 8.68. The Kier molecular flexibility index (Phi) is 3.85. The van der Waals surface area contributed by atoms with Crippen LogP contribution in [0.3, 0.4) is 0 Å². The lowest BCUT2D eigenvalue weighted by Crippen LogP contribution is -2.43. The Morgan fingerprint density at radius 1 is 1.13 bits per heavy atom. The van der Waals surface area contributed by atoms with E-state index in [1.54, 1.807) is 11.1 Å². The van der Waals surface area contributed by atoms with Crippen LogP contribution in [0.5, 0.6) is 0 Å². The van der Waals surface area contributed by atoms with Crippen molar-refractivity contribution in [3.05, 3.63) is 18.3 Å². The van der Waals surface area contributed by atoms with E-state index < -0.39 is 0 Å². The van der Waals surface area contributed by atoms with Crippen molar-refractivity contribution in [3.8, 4) is 0 Å². The van der Waals surface area contributed by atoms with Crippen molar-refractivity contribution in [2.45, 2.75) is 37.7 Å². The second-order valence-electron chi connectivity index (χ2n) is 6.81. The Labute approximate surface area is 136 Å². The first kappa shape index (κ1) is 14.8. The molecule has 1 N–H and O–H groups in total. The third-order valence-corrected chi connectivity index (χ3v) is 5.22. The van der Waals surface area contributed by atoms with Gasteiger partial charge in [-0.15, -0.1) is 0 Å². The Hall–Kier alpha value is -1.82. The summed E-state index contributed by atoms with van der Waals surface area (Å²) in [5, 5.41) is 3.34. The van der Waals surface area contributed by atoms with E-state index in [2.05, 4.69) is 15.2 Å². The lowest BCUT2D eigenvalue weighted by Gasteiger charge is -2.30. The van der Waals surface area contributed by atoms with E-state index in [-0.39, 0.29) is 11.7 Å². The maximum Gasteiger partial charge on any atom is 0.415 e. The number of carbonyl (C=O) groups excluding carboxylic acids is 1. The van der Waals surface area contributed by atoms with Gasteiger partial charge in [-0.2, -0.15) is 0 Å². The highest BCUT2D eigenvalue weighted by molar-refractivity contribution is 5.90. The summed E-state index contributed by atoms with van der Waals surface area (Å²) in [4.78, 5) is 20.9. The van der Waals surface area contributed by atoms with Gasteiger partial charge in [-0.3, -0.25) is 4.90 Å². The zero-order valence-corrected chi connectivity index (χ0v) is 13.5. The lowest BCUT2D eigenvalue weighted by molar-refractivity contribution is 0.0260. The molecule has 0 unspecified atom stereocenters. The molecule has 1 aliphatic carbocycles. The standard InChI is InChI=1S/C17H24N4O2/c22-16-21(13-17(23-16)6-2-1-3-7-17)14-4-5-15(19-12-14)20-10-8-18-9-11-20/h4-5,12,18H,1-3,6-11,13H2. The number of nitrogens with one attached hydrogen (secondary N) is 1. The SMILES string of the molecule is O=C1OC2(CCCCC2)CN1c1ccc(N2CCNCC2)nc1. The smallest absolute Gasteiger partial charge is 0.415 e. The van der Waals surface area contributed by atoms with Crippen LogP contribution in [0.2, 0.25) is 0 Å². The fraction of sp³-hybridized carbons (Fsp3) is 0.647. The number of aromatic nitrogens is 1. The fourth-order valence-electron chi connectivity index (χ4n) is 3.90. The molecule has 2 saturated heterocycles. The van der Waals surface area contributed by atoms with Gasteiger partial charge in [-0.1, -0.05) is 6.42 Å². The zero-order valence-electron chi connectivity index (χ0n) is 13.5. The molecule has 1 spiro atoms. The maximum absolute atomic E-state index is 12.3. The molecule has 3 aliphatic rings. The van der Waals surface area contributed by atoms with E-state index in [1.165, 1.54) is 6.42 Å². The van der Waals surface area contributed by atoms with Gasteiger partial charge >= 0.3 is 6.09 Å². The molecule has 1 amide bonds. The van der Waals surface area contributed by atoms with Crippen LogP contribution < -0.4 is 15.1 Å². The van der Waals surface area contributed by atoms with Crippen LogP contribution in [0.15, 0.2) is 18.3 Å². The largest absolute Gasteiger partial charge is 0.441 e. The molecule has 0 aromatic carbocycles. The molecule has 6 heteroatoms. The average Bonchev–Trinajstić information content (AvgIpc) is 2.92. The highest BCUT2D eigenvalue weighted by atomic mass is 16.6. The number of anilines is 2. The van der Waals surface area contributed by atoms with E-state index in [1.807, 2.05) is 12.1 Å². The predicted octanol–water partition coefficient (Wildman–Crippen LogP) is 2.15. The number of amides is 1. The van der Waals surface area contributed by atoms with Crippen molar-refractivity contribution in [3.63, 3.8) is 0 Å². The van der Waals surface area contributed by atoms with Crippen LogP contribution in [-0.4, -0.2) is 49.4 Å². The van der Waals surface area contributed by atoms with Gasteiger partial charge in [0, 0.05) is 26.2 Å². The predicted molar refractivity (Wildman–Crippen MR) is 89.0 cm³/mol. The van der Waals surface area contributed by atoms with Crippen molar-refractivity contribution in [2.24, 2.45) is 0 Å². The van der Waals surface area contributed by atoms with Gasteiger partial charge in [0.25, 0.3) is 0 Å². The van der Waals surface area contributed by atoms with E-state index in [4.69, 9.17) is 4.74 Å². The van der Waals surface area contributed by atoms with Gasteiger partial charge in [0.05, 0.1) is 18.4 Å². The van der Waals surface area contributed by atoms with Gasteiger partial charge in [0.15, 0.2) is 0 Å². The van der Waals surface area contributed by atoms with Crippen molar-refractivity contribution in [1.29, 1.82) is 0 Å². The number of nitrogens with zero attached hydrogens (tertiary/aromatic N) is 3. The molecule has 23 heavy (non-hydrogen) atoms. The summed E-state index contributed by atoms with van der Waals surface area (Å²) < 4.78 is 5.74. The van der Waals surface area contributed by atoms with Crippen LogP contribution in [0, 0.1) is 0 Å². The van der Waals surface area contributed by atoms with Crippen LogP contribution in [0.25, 0.3) is 0 Å². The number of carbonyl (C=O) groups is 1. The molecule has 0 atom stereocenters. The third kappa shape index (κ3) is 2.87. The Balaban J connectivity index is 1.48. The molecule has 4 rings (SSSR count). The second kappa shape index (κ2) is 6.00. The fourth-order valence-corrected chi connectivity index (χ4v) is 3.90. The van der Waals surface area contributed by atoms with E-state index in [9.17, 15) is 4.79 Å². The molecule has 0 radical (unpaired) electrons. The maximum atomic E-state index is 12.3. The minimum Gasteiger partial charge on any atom is -0.441 e. The van der Waals surface area contributed by atoms with E-state index in [0.29, 0.717) is 6.54 Å². The number of rotatable bonds is 2. The van der Waals surface area contributed by atoms with Crippen molar-refractivity contribution >= 4 is 17.6 Å². The zero-order chi connectivity index (χ0) is 15.7. The van der Waals surface area contributed by atoms with Gasteiger partial charge in [-0.05, 0) is 37.8 Å². The summed E-state index contributed by atoms with van der Waals surface area (Å²) in [5.41, 5.74) is 0.586. The Morgan fingerprint density at radius 3 is 2.61 bits per heavy atom. The Bertz CT molecular complexity index is 562.